The number of aromatic hydroxyl groups is 1. The molecule has 2 rings (SSSR count). The van der Waals surface area contributed by atoms with Crippen LogP contribution in [-0.2, 0) is 15.7 Å². The van der Waals surface area contributed by atoms with Crippen molar-refractivity contribution in [1.82, 2.24) is 4.98 Å². The summed E-state index contributed by atoms with van der Waals surface area (Å²) in [7, 11) is -0.536. The van der Waals surface area contributed by atoms with E-state index in [-0.39, 0.29) is 12.4 Å². The molecule has 0 saturated carbocycles. The highest BCUT2D eigenvalue weighted by Gasteiger charge is 2.51. The number of aliphatic hydroxyl groups excluding tert-OH is 1. The molecule has 104 valence electrons. The van der Waals surface area contributed by atoms with Gasteiger partial charge in [0.2, 0.25) is 0 Å². The van der Waals surface area contributed by atoms with Crippen LogP contribution in [0.1, 0.15) is 33.4 Å². The van der Waals surface area contributed by atoms with Crippen molar-refractivity contribution in [2.75, 3.05) is 6.61 Å². The smallest absolute Gasteiger partial charge is 0.496 e. The van der Waals surface area contributed by atoms with Crippen molar-refractivity contribution >= 4 is 12.6 Å². The molecule has 0 unspecified atom stereocenters. The molecular weight excluding hydrogens is 245 g/mol. The van der Waals surface area contributed by atoms with E-state index in [2.05, 4.69) is 4.98 Å². The summed E-state index contributed by atoms with van der Waals surface area (Å²) in [5.74, 6) is 0.0567. The molecule has 2 heterocycles. The Morgan fingerprint density at radius 1 is 1.21 bits per heavy atom. The lowest BCUT2D eigenvalue weighted by atomic mass is 9.80. The maximum absolute atomic E-state index is 9.86. The van der Waals surface area contributed by atoms with E-state index in [0.29, 0.717) is 17.6 Å². The van der Waals surface area contributed by atoms with Gasteiger partial charge in [-0.3, -0.25) is 4.98 Å². The van der Waals surface area contributed by atoms with Crippen LogP contribution in [0.5, 0.6) is 5.75 Å². The standard InChI is InChI=1S/C13H20BNO4/c1-12(2)13(3,4)19-14(18-12)9-7-11(17)10(5-6-16)15-8-9/h7-8,16-17H,5-6H2,1-4H3. The third-order valence-corrected chi connectivity index (χ3v) is 3.84. The quantitative estimate of drug-likeness (QED) is 0.784. The molecule has 2 N–H and O–H groups in total. The normalized spacial score (nSPS) is 20.8. The number of aromatic nitrogens is 1. The van der Waals surface area contributed by atoms with Crippen LogP contribution in [0.25, 0.3) is 0 Å². The first-order chi connectivity index (χ1) is 8.77. The van der Waals surface area contributed by atoms with Gasteiger partial charge < -0.3 is 19.5 Å². The van der Waals surface area contributed by atoms with Crippen LogP contribution in [0, 0.1) is 0 Å². The summed E-state index contributed by atoms with van der Waals surface area (Å²) < 4.78 is 11.8. The zero-order chi connectivity index (χ0) is 14.3. The second-order valence-corrected chi connectivity index (χ2v) is 5.80. The number of pyridine rings is 1. The highest BCUT2D eigenvalue weighted by Crippen LogP contribution is 2.36. The number of nitrogens with zero attached hydrogens (tertiary/aromatic N) is 1. The largest absolute Gasteiger partial charge is 0.506 e. The molecule has 0 aromatic carbocycles. The van der Waals surface area contributed by atoms with Gasteiger partial charge in [-0.05, 0) is 33.8 Å². The van der Waals surface area contributed by atoms with Gasteiger partial charge in [0.25, 0.3) is 0 Å². The Kier molecular flexibility index (Phi) is 3.60. The maximum Gasteiger partial charge on any atom is 0.496 e. The molecular formula is C13H20BNO4. The molecule has 6 heteroatoms. The van der Waals surface area contributed by atoms with Gasteiger partial charge in [-0.25, -0.2) is 0 Å². The summed E-state index contributed by atoms with van der Waals surface area (Å²) in [4.78, 5) is 4.14. The van der Waals surface area contributed by atoms with Gasteiger partial charge in [-0.1, -0.05) is 0 Å². The average molecular weight is 265 g/mol. The van der Waals surface area contributed by atoms with Crippen LogP contribution in [0.3, 0.4) is 0 Å². The Hall–Kier alpha value is -1.11. The van der Waals surface area contributed by atoms with Crippen LogP contribution in [0.4, 0.5) is 0 Å². The fourth-order valence-electron chi connectivity index (χ4n) is 1.90. The van der Waals surface area contributed by atoms with Gasteiger partial charge in [0, 0.05) is 24.7 Å². The van der Waals surface area contributed by atoms with Crippen LogP contribution >= 0.6 is 0 Å². The van der Waals surface area contributed by atoms with Crippen molar-refractivity contribution < 1.29 is 19.5 Å². The van der Waals surface area contributed by atoms with E-state index in [1.165, 1.54) is 0 Å². The Morgan fingerprint density at radius 2 is 1.79 bits per heavy atom. The van der Waals surface area contributed by atoms with Crippen LogP contribution in [0.2, 0.25) is 0 Å². The summed E-state index contributed by atoms with van der Waals surface area (Å²) in [5.41, 5.74) is 0.314. The minimum absolute atomic E-state index is 0.0452. The lowest BCUT2D eigenvalue weighted by Crippen LogP contribution is -2.41. The van der Waals surface area contributed by atoms with Crippen LogP contribution < -0.4 is 5.46 Å². The van der Waals surface area contributed by atoms with Crippen molar-refractivity contribution in [2.45, 2.75) is 45.3 Å². The molecule has 0 amide bonds. The van der Waals surface area contributed by atoms with E-state index in [4.69, 9.17) is 14.4 Å². The van der Waals surface area contributed by atoms with E-state index in [1.807, 2.05) is 27.7 Å². The first kappa shape index (κ1) is 14.3. The molecule has 1 aliphatic rings. The Labute approximate surface area is 113 Å². The van der Waals surface area contributed by atoms with Gasteiger partial charge in [0.15, 0.2) is 0 Å². The lowest BCUT2D eigenvalue weighted by Gasteiger charge is -2.32. The minimum Gasteiger partial charge on any atom is -0.506 e. The second-order valence-electron chi connectivity index (χ2n) is 5.80. The molecule has 5 nitrogen and oxygen atoms in total. The predicted octanol–water partition coefficient (Wildman–Crippen LogP) is 0.621. The summed E-state index contributed by atoms with van der Waals surface area (Å²) in [6.07, 6.45) is 1.95. The summed E-state index contributed by atoms with van der Waals surface area (Å²) in [6, 6.07) is 1.58. The van der Waals surface area contributed by atoms with Crippen molar-refractivity contribution in [3.63, 3.8) is 0 Å². The van der Waals surface area contributed by atoms with Gasteiger partial charge in [0.05, 0.1) is 16.9 Å². The topological polar surface area (TPSA) is 71.8 Å². The molecule has 0 atom stereocenters. The fourth-order valence-corrected chi connectivity index (χ4v) is 1.90. The second kappa shape index (κ2) is 4.78. The zero-order valence-electron chi connectivity index (χ0n) is 11.8. The number of hydrogen-bond acceptors (Lipinski definition) is 5. The molecule has 19 heavy (non-hydrogen) atoms. The number of rotatable bonds is 3. The van der Waals surface area contributed by atoms with Crippen molar-refractivity contribution in [3.05, 3.63) is 18.0 Å². The van der Waals surface area contributed by atoms with Crippen molar-refractivity contribution in [1.29, 1.82) is 0 Å². The third-order valence-electron chi connectivity index (χ3n) is 3.84. The average Bonchev–Trinajstić information content (AvgIpc) is 2.51. The molecule has 0 aliphatic carbocycles. The molecule has 1 aliphatic heterocycles. The molecule has 1 aromatic rings. The monoisotopic (exact) mass is 265 g/mol. The van der Waals surface area contributed by atoms with Crippen LogP contribution in [-0.4, -0.2) is 40.1 Å². The minimum atomic E-state index is -0.536. The van der Waals surface area contributed by atoms with Gasteiger partial charge >= 0.3 is 7.12 Å². The zero-order valence-corrected chi connectivity index (χ0v) is 11.8. The maximum atomic E-state index is 9.86. The predicted molar refractivity (Wildman–Crippen MR) is 72.4 cm³/mol. The molecule has 1 aromatic heterocycles. The molecule has 1 fully saturated rings. The van der Waals surface area contributed by atoms with Gasteiger partial charge in [-0.15, -0.1) is 0 Å². The first-order valence-corrected chi connectivity index (χ1v) is 6.41. The third kappa shape index (κ3) is 2.61. The highest BCUT2D eigenvalue weighted by molar-refractivity contribution is 6.62. The SMILES string of the molecule is CC1(C)OB(c2cnc(CCO)c(O)c2)OC1(C)C. The Bertz CT molecular complexity index is 460. The van der Waals surface area contributed by atoms with Crippen molar-refractivity contribution in [3.8, 4) is 5.75 Å². The van der Waals surface area contributed by atoms with E-state index in [0.717, 1.165) is 0 Å². The Morgan fingerprint density at radius 3 is 2.26 bits per heavy atom. The van der Waals surface area contributed by atoms with E-state index >= 15 is 0 Å². The van der Waals surface area contributed by atoms with Crippen molar-refractivity contribution in [2.24, 2.45) is 0 Å². The summed E-state index contributed by atoms with van der Waals surface area (Å²) >= 11 is 0. The molecule has 0 spiro atoms. The van der Waals surface area contributed by atoms with E-state index < -0.39 is 18.3 Å². The Balaban J connectivity index is 2.23. The van der Waals surface area contributed by atoms with Crippen LogP contribution in [0.15, 0.2) is 12.3 Å². The van der Waals surface area contributed by atoms with Gasteiger partial charge in [-0.2, -0.15) is 0 Å². The summed E-state index contributed by atoms with van der Waals surface area (Å²) in [6.45, 7) is 7.85. The molecule has 0 radical (unpaired) electrons. The summed E-state index contributed by atoms with van der Waals surface area (Å²) in [5, 5.41) is 18.7. The highest BCUT2D eigenvalue weighted by atomic mass is 16.7. The fraction of sp³-hybridized carbons (Fsp3) is 0.615. The first-order valence-electron chi connectivity index (χ1n) is 6.41. The molecule has 0 bridgehead atoms. The lowest BCUT2D eigenvalue weighted by molar-refractivity contribution is 0.00578. The molecule has 1 saturated heterocycles. The number of hydrogen-bond donors (Lipinski definition) is 2. The van der Waals surface area contributed by atoms with Gasteiger partial charge in [0.1, 0.15) is 5.75 Å². The van der Waals surface area contributed by atoms with E-state index in [9.17, 15) is 5.11 Å². The van der Waals surface area contributed by atoms with E-state index in [1.54, 1.807) is 12.3 Å². The number of aliphatic hydroxyl groups is 1.